The average molecular weight is 431 g/mol. The van der Waals surface area contributed by atoms with E-state index in [-0.39, 0.29) is 23.8 Å². The van der Waals surface area contributed by atoms with Gasteiger partial charge in [0.15, 0.2) is 5.69 Å². The zero-order valence-electron chi connectivity index (χ0n) is 17.2. The third kappa shape index (κ3) is 5.11. The van der Waals surface area contributed by atoms with Crippen LogP contribution in [-0.2, 0) is 16.1 Å². The highest BCUT2D eigenvalue weighted by molar-refractivity contribution is 6.31. The number of aromatic nitrogens is 2. The van der Waals surface area contributed by atoms with Crippen LogP contribution in [-0.4, -0.2) is 34.3 Å². The number of nitrogens with zero attached hydrogens (tertiary/aromatic N) is 3. The summed E-state index contributed by atoms with van der Waals surface area (Å²) in [6, 6.07) is 7.25. The fourth-order valence-corrected chi connectivity index (χ4v) is 4.20. The van der Waals surface area contributed by atoms with Gasteiger partial charge in [0.05, 0.1) is 24.1 Å². The molecule has 1 saturated carbocycles. The van der Waals surface area contributed by atoms with Crippen LogP contribution in [0.15, 0.2) is 18.2 Å². The summed E-state index contributed by atoms with van der Waals surface area (Å²) in [5.41, 5.74) is 1.13. The van der Waals surface area contributed by atoms with E-state index in [1.165, 1.54) is 0 Å². The van der Waals surface area contributed by atoms with Crippen LogP contribution in [0.4, 0.5) is 0 Å². The number of unbranched alkanes of at least 4 members (excludes halogenated alkanes) is 2. The molecule has 0 aliphatic heterocycles. The van der Waals surface area contributed by atoms with E-state index in [9.17, 15) is 9.59 Å². The third-order valence-corrected chi connectivity index (χ3v) is 5.74. The van der Waals surface area contributed by atoms with Crippen molar-refractivity contribution in [2.24, 2.45) is 5.92 Å². The van der Waals surface area contributed by atoms with Gasteiger partial charge in [0.25, 0.3) is 5.91 Å². The van der Waals surface area contributed by atoms with Gasteiger partial charge in [-0.2, -0.15) is 10.4 Å². The summed E-state index contributed by atoms with van der Waals surface area (Å²) in [7, 11) is 0. The maximum atomic E-state index is 13.1. The van der Waals surface area contributed by atoms with Gasteiger partial charge in [-0.1, -0.05) is 24.4 Å². The van der Waals surface area contributed by atoms with Crippen LogP contribution in [0.3, 0.4) is 0 Å². The third-order valence-electron chi connectivity index (χ3n) is 5.51. The standard InChI is InChI=1S/C22H27ClN4O3/c1-2-30-22(29)16-8-4-5-9-18(16)25-21(28)20-17-14-15(23)10-11-19(17)27(26-20)13-7-3-6-12-24/h10-11,14,16,18H,2-9,13H2,1H3,(H,25,28)/t16-,18+/m1/s1. The Morgan fingerprint density at radius 2 is 2.13 bits per heavy atom. The normalized spacial score (nSPS) is 18.7. The molecule has 1 aromatic carbocycles. The molecule has 0 radical (unpaired) electrons. The molecule has 1 aliphatic rings. The zero-order valence-corrected chi connectivity index (χ0v) is 18.0. The van der Waals surface area contributed by atoms with Gasteiger partial charge >= 0.3 is 5.97 Å². The number of aryl methyl sites for hydroxylation is 1. The quantitative estimate of drug-likeness (QED) is 0.499. The average Bonchev–Trinajstić information content (AvgIpc) is 3.09. The van der Waals surface area contributed by atoms with Crippen molar-refractivity contribution in [3.63, 3.8) is 0 Å². The maximum Gasteiger partial charge on any atom is 0.311 e. The van der Waals surface area contributed by atoms with Crippen molar-refractivity contribution in [3.05, 3.63) is 28.9 Å². The first kappa shape index (κ1) is 22.1. The van der Waals surface area contributed by atoms with E-state index < -0.39 is 0 Å². The summed E-state index contributed by atoms with van der Waals surface area (Å²) < 4.78 is 7.00. The summed E-state index contributed by atoms with van der Waals surface area (Å²) in [4.78, 5) is 25.5. The fourth-order valence-electron chi connectivity index (χ4n) is 4.03. The lowest BCUT2D eigenvalue weighted by atomic mass is 9.84. The molecular weight excluding hydrogens is 404 g/mol. The summed E-state index contributed by atoms with van der Waals surface area (Å²) >= 11 is 6.18. The highest BCUT2D eigenvalue weighted by Gasteiger charge is 2.34. The van der Waals surface area contributed by atoms with E-state index in [4.69, 9.17) is 21.6 Å². The van der Waals surface area contributed by atoms with Gasteiger partial charge in [-0.15, -0.1) is 0 Å². The number of nitrogens with one attached hydrogen (secondary N) is 1. The number of carbonyl (C=O) groups is 2. The second-order valence-electron chi connectivity index (χ2n) is 7.57. The van der Waals surface area contributed by atoms with E-state index in [0.717, 1.165) is 37.6 Å². The monoisotopic (exact) mass is 430 g/mol. The lowest BCUT2D eigenvalue weighted by Crippen LogP contribution is -2.45. The first-order chi connectivity index (χ1) is 14.5. The highest BCUT2D eigenvalue weighted by Crippen LogP contribution is 2.27. The van der Waals surface area contributed by atoms with Gasteiger partial charge in [0, 0.05) is 29.4 Å². The second-order valence-corrected chi connectivity index (χ2v) is 8.01. The van der Waals surface area contributed by atoms with E-state index in [1.807, 2.05) is 6.07 Å². The molecule has 2 atom stereocenters. The van der Waals surface area contributed by atoms with Crippen molar-refractivity contribution in [2.45, 2.75) is 64.5 Å². The first-order valence-corrected chi connectivity index (χ1v) is 10.9. The minimum Gasteiger partial charge on any atom is -0.466 e. The number of halogens is 1. The number of hydrogen-bond acceptors (Lipinski definition) is 5. The number of hydrogen-bond donors (Lipinski definition) is 1. The SMILES string of the molecule is CCOC(=O)[C@@H]1CCCC[C@@H]1NC(=O)c1nn(CCCCC#N)c2ccc(Cl)cc12. The summed E-state index contributed by atoms with van der Waals surface area (Å²) in [5.74, 6) is -0.886. The van der Waals surface area contributed by atoms with Crippen molar-refractivity contribution >= 4 is 34.4 Å². The van der Waals surface area contributed by atoms with Crippen molar-refractivity contribution in [1.29, 1.82) is 5.26 Å². The Kier molecular flexibility index (Phi) is 7.69. The summed E-state index contributed by atoms with van der Waals surface area (Å²) in [6.45, 7) is 2.73. The van der Waals surface area contributed by atoms with E-state index in [1.54, 1.807) is 23.7 Å². The van der Waals surface area contributed by atoms with Gasteiger partial charge < -0.3 is 10.1 Å². The molecule has 1 aliphatic carbocycles. The fraction of sp³-hybridized carbons (Fsp3) is 0.545. The number of nitriles is 1. The van der Waals surface area contributed by atoms with Crippen LogP contribution in [0.5, 0.6) is 0 Å². The number of benzene rings is 1. The summed E-state index contributed by atoms with van der Waals surface area (Å²) in [6.07, 6.45) is 5.42. The van der Waals surface area contributed by atoms with E-state index in [2.05, 4.69) is 16.5 Å². The Labute approximate surface area is 181 Å². The molecule has 0 saturated heterocycles. The molecule has 160 valence electrons. The minimum absolute atomic E-state index is 0.251. The molecule has 1 N–H and O–H groups in total. The molecule has 3 rings (SSSR count). The Morgan fingerprint density at radius 1 is 1.33 bits per heavy atom. The van der Waals surface area contributed by atoms with Gasteiger partial charge in [0.2, 0.25) is 0 Å². The number of esters is 1. The number of ether oxygens (including phenoxy) is 1. The number of fused-ring (bicyclic) bond motifs is 1. The van der Waals surface area contributed by atoms with Gasteiger partial charge in [-0.25, -0.2) is 0 Å². The Balaban J connectivity index is 1.82. The van der Waals surface area contributed by atoms with Gasteiger partial charge in [-0.3, -0.25) is 14.3 Å². The van der Waals surface area contributed by atoms with Crippen molar-refractivity contribution in [1.82, 2.24) is 15.1 Å². The Bertz CT molecular complexity index is 950. The first-order valence-electron chi connectivity index (χ1n) is 10.6. The predicted molar refractivity (Wildman–Crippen MR) is 114 cm³/mol. The lowest BCUT2D eigenvalue weighted by molar-refractivity contribution is -0.150. The molecule has 0 unspecified atom stereocenters. The minimum atomic E-state index is -0.328. The number of rotatable bonds is 8. The molecule has 1 fully saturated rings. The molecule has 0 bridgehead atoms. The summed E-state index contributed by atoms with van der Waals surface area (Å²) in [5, 5.41) is 17.5. The largest absolute Gasteiger partial charge is 0.466 e. The molecule has 1 heterocycles. The smallest absolute Gasteiger partial charge is 0.311 e. The molecule has 8 heteroatoms. The molecule has 2 aromatic rings. The van der Waals surface area contributed by atoms with Gasteiger partial charge in [-0.05, 0) is 50.8 Å². The number of amides is 1. The van der Waals surface area contributed by atoms with Crippen molar-refractivity contribution < 1.29 is 14.3 Å². The zero-order chi connectivity index (χ0) is 21.5. The van der Waals surface area contributed by atoms with Crippen molar-refractivity contribution in [2.75, 3.05) is 6.61 Å². The van der Waals surface area contributed by atoms with Crippen LogP contribution in [0.25, 0.3) is 10.9 Å². The molecule has 1 amide bonds. The maximum absolute atomic E-state index is 13.1. The van der Waals surface area contributed by atoms with E-state index >= 15 is 0 Å². The molecular formula is C22H27ClN4O3. The Morgan fingerprint density at radius 3 is 2.90 bits per heavy atom. The van der Waals surface area contributed by atoms with Crippen LogP contribution in [0, 0.1) is 17.2 Å². The Hall–Kier alpha value is -2.59. The van der Waals surface area contributed by atoms with Crippen molar-refractivity contribution in [3.8, 4) is 6.07 Å². The van der Waals surface area contributed by atoms with Crippen LogP contribution < -0.4 is 5.32 Å². The lowest BCUT2D eigenvalue weighted by Gasteiger charge is -2.30. The predicted octanol–water partition coefficient (Wildman–Crippen LogP) is 4.24. The van der Waals surface area contributed by atoms with Gasteiger partial charge in [0.1, 0.15) is 0 Å². The van der Waals surface area contributed by atoms with Crippen LogP contribution in [0.1, 0.15) is 62.4 Å². The molecule has 0 spiro atoms. The molecule has 1 aromatic heterocycles. The molecule has 30 heavy (non-hydrogen) atoms. The van der Waals surface area contributed by atoms with Crippen LogP contribution in [0.2, 0.25) is 5.02 Å². The highest BCUT2D eigenvalue weighted by atomic mass is 35.5. The number of carbonyl (C=O) groups excluding carboxylic acids is 2. The molecule has 7 nitrogen and oxygen atoms in total. The topological polar surface area (TPSA) is 97.0 Å². The second kappa shape index (κ2) is 10.4. The van der Waals surface area contributed by atoms with Crippen LogP contribution >= 0.6 is 11.6 Å². The van der Waals surface area contributed by atoms with E-state index in [0.29, 0.717) is 42.1 Å².